The molecule has 2 rings (SSSR count). The van der Waals surface area contributed by atoms with Crippen molar-refractivity contribution in [2.24, 2.45) is 22.9 Å². The van der Waals surface area contributed by atoms with E-state index in [0.717, 1.165) is 18.2 Å². The number of carbonyl (C=O) groups excluding carboxylic acids is 3. The van der Waals surface area contributed by atoms with Crippen LogP contribution in [0.5, 0.6) is 11.5 Å². The van der Waals surface area contributed by atoms with Crippen molar-refractivity contribution in [2.45, 2.75) is 0 Å². The van der Waals surface area contributed by atoms with Gasteiger partial charge in [-0.2, -0.15) is 0 Å². The van der Waals surface area contributed by atoms with Crippen LogP contribution in [0.2, 0.25) is 0 Å². The predicted octanol–water partition coefficient (Wildman–Crippen LogP) is -11.9. The van der Waals surface area contributed by atoms with E-state index in [4.69, 9.17) is 10.2 Å². The van der Waals surface area contributed by atoms with Gasteiger partial charge >= 0.3 is 34.4 Å². The quantitative estimate of drug-likeness (QED) is 0.0949. The Labute approximate surface area is 215 Å². The van der Waals surface area contributed by atoms with Crippen LogP contribution in [-0.2, 0) is 16.5 Å². The molecule has 20 nitrogen and oxygen atoms in total. The fourth-order valence-electron chi connectivity index (χ4n) is 1.44. The Kier molecular flexibility index (Phi) is 22.8. The zero-order valence-corrected chi connectivity index (χ0v) is 19.1. The fraction of sp³-hybridized carbons (Fsp3) is 0. The van der Waals surface area contributed by atoms with Gasteiger partial charge in [0.15, 0.2) is 0 Å². The van der Waals surface area contributed by atoms with Gasteiger partial charge in [-0.05, 0) is 12.1 Å². The number of carbonyl (C=O) groups is 4. The Hall–Kier alpha value is -5.27. The third-order valence-corrected chi connectivity index (χ3v) is 2.46. The summed E-state index contributed by atoms with van der Waals surface area (Å²) in [6.45, 7) is 0. The summed E-state index contributed by atoms with van der Waals surface area (Å²) >= 11 is 0. The molecule has 0 spiro atoms. The van der Waals surface area contributed by atoms with E-state index in [1.54, 1.807) is 0 Å². The molecule has 21 heteroatoms. The van der Waals surface area contributed by atoms with E-state index in [9.17, 15) is 39.6 Å². The van der Waals surface area contributed by atoms with Crippen molar-refractivity contribution in [3.05, 3.63) is 47.0 Å². The van der Waals surface area contributed by atoms with Crippen molar-refractivity contribution in [2.75, 3.05) is 0 Å². The maximum absolute atomic E-state index is 10.7. The van der Waals surface area contributed by atoms with Crippen molar-refractivity contribution in [3.63, 3.8) is 0 Å². The van der Waals surface area contributed by atoms with Crippen molar-refractivity contribution in [1.29, 1.82) is 0 Å². The van der Waals surface area contributed by atoms with E-state index in [1.165, 1.54) is 0 Å². The molecule has 0 fully saturated rings. The van der Waals surface area contributed by atoms with Gasteiger partial charge in [0.05, 0.1) is 35.0 Å². The maximum Gasteiger partial charge on any atom is 2.00 e. The second-order valence-corrected chi connectivity index (χ2v) is 5.34. The molecule has 0 amide bonds. The molecule has 0 bridgehead atoms. The van der Waals surface area contributed by atoms with Gasteiger partial charge in [0, 0.05) is 12.1 Å². The SMILES string of the molecule is NC(N)=[NH2+].NC(N)=[NH2+].O.O.O=C([O-])c1cc(O)cc(C(=O)[O-])n1.O=C([O-])c1cc([O-])cc(C(=O)O)n1.[Ni+2]. The molecule has 0 aliphatic carbocycles. The molecule has 0 saturated heterocycles. The van der Waals surface area contributed by atoms with E-state index in [1.807, 2.05) is 0 Å². The van der Waals surface area contributed by atoms with Crippen LogP contribution in [0, 0.1) is 0 Å². The predicted molar refractivity (Wildman–Crippen MR) is 107 cm³/mol. The molecule has 0 saturated carbocycles. The van der Waals surface area contributed by atoms with Gasteiger partial charge in [0.25, 0.3) is 0 Å². The van der Waals surface area contributed by atoms with Crippen molar-refractivity contribution < 1.29 is 88.1 Å². The summed E-state index contributed by atoms with van der Waals surface area (Å²) in [5.74, 6) is -7.89. The third kappa shape index (κ3) is 21.0. The molecule has 37 heavy (non-hydrogen) atoms. The average Bonchev–Trinajstić information content (AvgIpc) is 2.66. The number of aromatic hydroxyl groups is 1. The Morgan fingerprint density at radius 3 is 1.22 bits per heavy atom. The number of hydrogen-bond donors (Lipinski definition) is 8. The van der Waals surface area contributed by atoms with Gasteiger partial charge in [-0.1, -0.05) is 0 Å². The van der Waals surface area contributed by atoms with Gasteiger partial charge in [0.2, 0.25) is 0 Å². The zero-order valence-electron chi connectivity index (χ0n) is 18.1. The molecule has 18 N–H and O–H groups in total. The maximum atomic E-state index is 10.7. The second-order valence-electron chi connectivity index (χ2n) is 5.34. The molecule has 2 aromatic heterocycles. The van der Waals surface area contributed by atoms with Crippen molar-refractivity contribution in [3.8, 4) is 11.5 Å². The van der Waals surface area contributed by atoms with Crippen LogP contribution in [0.1, 0.15) is 42.0 Å². The van der Waals surface area contributed by atoms with Gasteiger partial charge in [-0.15, -0.1) is 5.75 Å². The first-order valence-corrected chi connectivity index (χ1v) is 8.02. The van der Waals surface area contributed by atoms with E-state index < -0.39 is 58.2 Å². The van der Waals surface area contributed by atoms with Gasteiger partial charge in [0.1, 0.15) is 11.4 Å². The average molecular weight is 577 g/mol. The minimum absolute atomic E-state index is 0. The number of rotatable bonds is 4. The number of nitrogens with two attached hydrogens (primary N) is 6. The van der Waals surface area contributed by atoms with E-state index >= 15 is 0 Å². The summed E-state index contributed by atoms with van der Waals surface area (Å²) in [4.78, 5) is 47.3. The van der Waals surface area contributed by atoms with E-state index in [0.29, 0.717) is 6.07 Å². The summed E-state index contributed by atoms with van der Waals surface area (Å²) in [5, 5.41) is 67.8. The molecule has 0 radical (unpaired) electrons. The first-order chi connectivity index (χ1) is 15.5. The molecular weight excluding hydrogens is 555 g/mol. The van der Waals surface area contributed by atoms with E-state index in [-0.39, 0.29) is 39.4 Å². The monoisotopic (exact) mass is 576 g/mol. The smallest absolute Gasteiger partial charge is 0.872 e. The summed E-state index contributed by atoms with van der Waals surface area (Å²) in [6.07, 6.45) is 0. The molecule has 0 unspecified atom stereocenters. The molecular formula is C16H22N8NiO12. The normalized spacial score (nSPS) is 8.00. The second kappa shape index (κ2) is 20.1. The molecule has 0 atom stereocenters. The Balaban J connectivity index is -0.000000135. The Morgan fingerprint density at radius 2 is 0.946 bits per heavy atom. The third-order valence-electron chi connectivity index (χ3n) is 2.46. The number of nitrogens with zero attached hydrogens (tertiary/aromatic N) is 2. The first-order valence-electron chi connectivity index (χ1n) is 8.02. The molecule has 2 aromatic rings. The number of carboxylic acid groups (broad SMARTS) is 4. The molecule has 2 heterocycles. The number of aromatic carboxylic acids is 4. The van der Waals surface area contributed by atoms with Gasteiger partial charge in [-0.25, -0.2) is 14.8 Å². The fourth-order valence-corrected chi connectivity index (χ4v) is 1.44. The van der Waals surface area contributed by atoms with E-state index in [2.05, 4.69) is 43.7 Å². The number of pyridine rings is 2. The van der Waals surface area contributed by atoms with Crippen LogP contribution in [0.3, 0.4) is 0 Å². The minimum Gasteiger partial charge on any atom is -0.872 e. The number of aromatic nitrogens is 2. The van der Waals surface area contributed by atoms with Crippen LogP contribution in [0.4, 0.5) is 0 Å². The van der Waals surface area contributed by atoms with Crippen molar-refractivity contribution >= 4 is 35.8 Å². The van der Waals surface area contributed by atoms with Crippen LogP contribution < -0.4 is 54.2 Å². The first kappa shape index (κ1) is 41.9. The zero-order chi connectivity index (χ0) is 27.2. The molecule has 0 aliphatic rings. The van der Waals surface area contributed by atoms with Crippen LogP contribution in [0.25, 0.3) is 0 Å². The standard InChI is InChI=1S/2C7H5NO5.2CH5N3.Ni.2H2O/c2*9-3-1-4(6(10)11)8-5(2-3)7(12)13;2*2-1(3)4;;;/h2*1-2H,(H,8,9)(H,10,11)(H,12,13);2*(H5,2,3,4);;2*1H2/q;;;;+2;;/p-2. The summed E-state index contributed by atoms with van der Waals surface area (Å²) < 4.78 is 0. The summed E-state index contributed by atoms with van der Waals surface area (Å²) in [5.41, 5.74) is 15.7. The Bertz CT molecular complexity index is 941. The molecule has 0 aromatic carbocycles. The molecule has 208 valence electrons. The van der Waals surface area contributed by atoms with Gasteiger partial charge in [-0.3, -0.25) is 33.8 Å². The van der Waals surface area contributed by atoms with Crippen LogP contribution in [-0.4, -0.2) is 66.9 Å². The topological polar surface area (TPSA) is 445 Å². The Morgan fingerprint density at radius 1 is 0.703 bits per heavy atom. The minimum atomic E-state index is -1.68. The largest absolute Gasteiger partial charge is 2.00 e. The number of carboxylic acids is 4. The van der Waals surface area contributed by atoms with Crippen molar-refractivity contribution in [1.82, 2.24) is 9.97 Å². The summed E-state index contributed by atoms with van der Waals surface area (Å²) in [7, 11) is 0. The van der Waals surface area contributed by atoms with Crippen LogP contribution in [0.15, 0.2) is 24.3 Å². The molecule has 0 aliphatic heterocycles. The summed E-state index contributed by atoms with van der Waals surface area (Å²) in [6, 6.07) is 2.99. The number of hydrogen-bond acceptors (Lipinski definition) is 11. The van der Waals surface area contributed by atoms with Gasteiger partial charge < -0.3 is 56.0 Å². The van der Waals surface area contributed by atoms with Crippen LogP contribution >= 0.6 is 0 Å². The number of guanidine groups is 2.